The van der Waals surface area contributed by atoms with E-state index in [2.05, 4.69) is 26.0 Å². The fraction of sp³-hybridized carbons (Fsp3) is 0. The van der Waals surface area contributed by atoms with Crippen molar-refractivity contribution in [3.05, 3.63) is 126 Å². The zero-order valence-corrected chi connectivity index (χ0v) is 23.1. The molecule has 0 fully saturated rings. The van der Waals surface area contributed by atoms with E-state index in [-0.39, 0.29) is 21.9 Å². The molecule has 0 spiro atoms. The summed E-state index contributed by atoms with van der Waals surface area (Å²) in [7, 11) is 0. The Morgan fingerprint density at radius 2 is 1.66 bits per heavy atom. The lowest BCUT2D eigenvalue weighted by Gasteiger charge is -2.11. The smallest absolute Gasteiger partial charge is 0.345 e. The third-order valence-electron chi connectivity index (χ3n) is 5.49. The average molecular weight is 628 g/mol. The monoisotopic (exact) mass is 625 g/mol. The molecule has 1 heterocycles. The van der Waals surface area contributed by atoms with Crippen molar-refractivity contribution >= 4 is 73.8 Å². The van der Waals surface area contributed by atoms with Gasteiger partial charge in [-0.3, -0.25) is 4.79 Å². The van der Waals surface area contributed by atoms with Crippen LogP contribution in [0.15, 0.2) is 99.3 Å². The van der Waals surface area contributed by atoms with Gasteiger partial charge in [0.15, 0.2) is 5.82 Å². The highest BCUT2D eigenvalue weighted by Crippen LogP contribution is 2.27. The van der Waals surface area contributed by atoms with Crippen LogP contribution in [0, 0.1) is 0 Å². The van der Waals surface area contributed by atoms with Gasteiger partial charge in [-0.1, -0.05) is 62.9 Å². The summed E-state index contributed by atoms with van der Waals surface area (Å²) < 4.78 is 7.54. The van der Waals surface area contributed by atoms with Gasteiger partial charge in [0.25, 0.3) is 5.56 Å². The van der Waals surface area contributed by atoms with Gasteiger partial charge in [-0.25, -0.2) is 9.78 Å². The predicted molar refractivity (Wildman–Crippen MR) is 155 cm³/mol. The molecule has 0 atom stereocenters. The first-order valence-electron chi connectivity index (χ1n) is 11.1. The van der Waals surface area contributed by atoms with Crippen LogP contribution in [0.2, 0.25) is 15.1 Å². The lowest BCUT2D eigenvalue weighted by molar-refractivity contribution is 0.0734. The summed E-state index contributed by atoms with van der Waals surface area (Å²) in [6, 6.07) is 23.5. The molecule has 5 rings (SSSR count). The Kier molecular flexibility index (Phi) is 7.63. The highest BCUT2D eigenvalue weighted by molar-refractivity contribution is 9.10. The van der Waals surface area contributed by atoms with Gasteiger partial charge in [0, 0.05) is 25.6 Å². The number of rotatable bonds is 5. The second kappa shape index (κ2) is 11.1. The van der Waals surface area contributed by atoms with Gasteiger partial charge in [0.1, 0.15) is 5.75 Å². The molecule has 6 nitrogen and oxygen atoms in total. The minimum Gasteiger partial charge on any atom is -0.422 e. The molecule has 1 aromatic heterocycles. The number of nitrogens with zero attached hydrogens (tertiary/aromatic N) is 3. The van der Waals surface area contributed by atoms with E-state index in [1.165, 1.54) is 23.0 Å². The summed E-state index contributed by atoms with van der Waals surface area (Å²) in [6.07, 6.45) is 1.42. The van der Waals surface area contributed by atoms with Crippen molar-refractivity contribution in [3.63, 3.8) is 0 Å². The highest BCUT2D eigenvalue weighted by atomic mass is 79.9. The molecule has 5 aromatic rings. The lowest BCUT2D eigenvalue weighted by atomic mass is 10.2. The van der Waals surface area contributed by atoms with Gasteiger partial charge in [-0.2, -0.15) is 9.78 Å². The first-order chi connectivity index (χ1) is 18.3. The Morgan fingerprint density at radius 3 is 2.42 bits per heavy atom. The van der Waals surface area contributed by atoms with Crippen molar-refractivity contribution in [1.82, 2.24) is 9.66 Å². The number of halogens is 4. The molecule has 0 saturated heterocycles. The fourth-order valence-corrected chi connectivity index (χ4v) is 4.65. The minimum atomic E-state index is -0.671. The summed E-state index contributed by atoms with van der Waals surface area (Å²) in [4.78, 5) is 31.0. The summed E-state index contributed by atoms with van der Waals surface area (Å²) >= 11 is 21.6. The zero-order chi connectivity index (χ0) is 26.8. The number of hydrogen-bond donors (Lipinski definition) is 0. The molecule has 0 aliphatic carbocycles. The van der Waals surface area contributed by atoms with E-state index in [9.17, 15) is 9.59 Å². The highest BCUT2D eigenvalue weighted by Gasteiger charge is 2.16. The summed E-state index contributed by atoms with van der Waals surface area (Å²) in [5.41, 5.74) is 1.40. The normalized spacial score (nSPS) is 11.3. The van der Waals surface area contributed by atoms with E-state index in [1.54, 1.807) is 66.7 Å². The maximum Gasteiger partial charge on any atom is 0.345 e. The number of para-hydroxylation sites is 1. The maximum atomic E-state index is 13.5. The number of ether oxygens (including phenoxy) is 1. The molecule has 188 valence electrons. The van der Waals surface area contributed by atoms with Gasteiger partial charge < -0.3 is 4.74 Å². The first-order valence-corrected chi connectivity index (χ1v) is 13.0. The van der Waals surface area contributed by atoms with Crippen LogP contribution in [0.3, 0.4) is 0 Å². The van der Waals surface area contributed by atoms with Crippen LogP contribution in [-0.2, 0) is 0 Å². The Morgan fingerprint density at radius 1 is 0.921 bits per heavy atom. The molecular formula is C28H15BrCl3N3O3. The predicted octanol–water partition coefficient (Wildman–Crippen LogP) is 7.89. The number of carbonyl (C=O) groups excluding carboxylic acids is 1. The van der Waals surface area contributed by atoms with E-state index >= 15 is 0 Å². The minimum absolute atomic E-state index is 0.154. The van der Waals surface area contributed by atoms with Gasteiger partial charge >= 0.3 is 5.97 Å². The molecule has 0 bridgehead atoms. The van der Waals surface area contributed by atoms with E-state index in [0.717, 1.165) is 0 Å². The van der Waals surface area contributed by atoms with E-state index in [1.807, 2.05) is 6.07 Å². The average Bonchev–Trinajstić information content (AvgIpc) is 2.90. The molecular weight excluding hydrogens is 613 g/mol. The number of fused-ring (bicyclic) bond motifs is 1. The molecule has 0 saturated carbocycles. The Hall–Kier alpha value is -3.49. The van der Waals surface area contributed by atoms with Crippen LogP contribution in [0.25, 0.3) is 22.3 Å². The van der Waals surface area contributed by atoms with Gasteiger partial charge in [0.2, 0.25) is 0 Å². The SMILES string of the molecule is O=C(Oc1ccc(Br)cc1C=Nn1c(-c2ccc(Cl)cc2)nc2ccccc2c1=O)c1ccc(Cl)cc1Cl. The van der Waals surface area contributed by atoms with Crippen LogP contribution in [-0.4, -0.2) is 21.8 Å². The number of benzene rings is 4. The van der Waals surface area contributed by atoms with Crippen molar-refractivity contribution in [2.75, 3.05) is 0 Å². The second-order valence-corrected chi connectivity index (χ2v) is 10.2. The van der Waals surface area contributed by atoms with E-state index in [4.69, 9.17) is 39.5 Å². The number of esters is 1. The van der Waals surface area contributed by atoms with Crippen LogP contribution in [0.4, 0.5) is 0 Å². The molecule has 38 heavy (non-hydrogen) atoms. The summed E-state index contributed by atoms with van der Waals surface area (Å²) in [6.45, 7) is 0. The lowest BCUT2D eigenvalue weighted by Crippen LogP contribution is -2.20. The van der Waals surface area contributed by atoms with Crippen LogP contribution in [0.1, 0.15) is 15.9 Å². The fourth-order valence-electron chi connectivity index (χ4n) is 3.66. The summed E-state index contributed by atoms with van der Waals surface area (Å²) in [5.74, 6) is -0.138. The largest absolute Gasteiger partial charge is 0.422 e. The van der Waals surface area contributed by atoms with Gasteiger partial charge in [-0.15, -0.1) is 0 Å². The number of carbonyl (C=O) groups is 1. The molecule has 0 aliphatic rings. The number of aromatic nitrogens is 2. The zero-order valence-electron chi connectivity index (χ0n) is 19.2. The number of hydrogen-bond acceptors (Lipinski definition) is 5. The van der Waals surface area contributed by atoms with Gasteiger partial charge in [0.05, 0.1) is 27.7 Å². The van der Waals surface area contributed by atoms with Crippen LogP contribution < -0.4 is 10.3 Å². The van der Waals surface area contributed by atoms with Gasteiger partial charge in [-0.05, 0) is 72.8 Å². The quantitative estimate of drug-likeness (QED) is 0.113. The molecule has 4 aromatic carbocycles. The Bertz CT molecular complexity index is 1790. The first kappa shape index (κ1) is 26.1. The summed E-state index contributed by atoms with van der Waals surface area (Å²) in [5, 5.41) is 5.98. The second-order valence-electron chi connectivity index (χ2n) is 8.02. The molecule has 0 radical (unpaired) electrons. The van der Waals surface area contributed by atoms with Crippen LogP contribution >= 0.6 is 50.7 Å². The maximum absolute atomic E-state index is 13.5. The molecule has 0 amide bonds. The standard InChI is InChI=1S/C28H15BrCl3N3O3/c29-18-7-12-25(38-28(37)21-11-10-20(31)14-23(21)32)17(13-18)15-33-35-26(16-5-8-19(30)9-6-16)34-24-4-2-1-3-22(24)27(35)36/h1-15H. The molecule has 0 aliphatic heterocycles. The Labute approximate surface area is 240 Å². The molecule has 0 N–H and O–H groups in total. The third kappa shape index (κ3) is 5.51. The van der Waals surface area contributed by atoms with Crippen molar-refractivity contribution in [2.24, 2.45) is 5.10 Å². The van der Waals surface area contributed by atoms with Crippen molar-refractivity contribution in [3.8, 4) is 17.1 Å². The van der Waals surface area contributed by atoms with E-state index in [0.29, 0.717) is 42.4 Å². The van der Waals surface area contributed by atoms with Crippen molar-refractivity contribution in [2.45, 2.75) is 0 Å². The molecule has 10 heteroatoms. The van der Waals surface area contributed by atoms with E-state index < -0.39 is 5.97 Å². The topological polar surface area (TPSA) is 73.5 Å². The Balaban J connectivity index is 1.59. The van der Waals surface area contributed by atoms with Crippen molar-refractivity contribution < 1.29 is 9.53 Å². The molecule has 0 unspecified atom stereocenters. The van der Waals surface area contributed by atoms with Crippen LogP contribution in [0.5, 0.6) is 5.75 Å². The van der Waals surface area contributed by atoms with Crippen molar-refractivity contribution in [1.29, 1.82) is 0 Å². The third-order valence-corrected chi connectivity index (χ3v) is 6.79.